The van der Waals surface area contributed by atoms with E-state index < -0.39 is 0 Å². The van der Waals surface area contributed by atoms with E-state index in [1.54, 1.807) is 22.7 Å². The van der Waals surface area contributed by atoms with Gasteiger partial charge in [-0.1, -0.05) is 6.07 Å². The predicted octanol–water partition coefficient (Wildman–Crippen LogP) is 3.71. The summed E-state index contributed by atoms with van der Waals surface area (Å²) in [6.07, 6.45) is 1.40. The third kappa shape index (κ3) is 2.97. The minimum atomic E-state index is 0.173. The second kappa shape index (κ2) is 6.62. The Balaban J connectivity index is 1.45. The number of nitrogens with one attached hydrogen (secondary N) is 1. The molecule has 24 heavy (non-hydrogen) atoms. The van der Waals surface area contributed by atoms with Crippen LogP contribution in [-0.2, 0) is 24.3 Å². The van der Waals surface area contributed by atoms with Crippen LogP contribution in [-0.4, -0.2) is 32.1 Å². The molecule has 0 aliphatic carbocycles. The summed E-state index contributed by atoms with van der Waals surface area (Å²) in [5.74, 6) is 0.980. The van der Waals surface area contributed by atoms with Gasteiger partial charge in [0.05, 0.1) is 4.88 Å². The summed E-state index contributed by atoms with van der Waals surface area (Å²) in [6.45, 7) is 2.08. The smallest absolute Gasteiger partial charge is 0.224 e. The van der Waals surface area contributed by atoms with Crippen molar-refractivity contribution in [3.63, 3.8) is 0 Å². The van der Waals surface area contributed by atoms with Gasteiger partial charge < -0.3 is 4.90 Å². The fourth-order valence-electron chi connectivity index (χ4n) is 2.95. The summed E-state index contributed by atoms with van der Waals surface area (Å²) in [5, 5.41) is 11.3. The SMILES string of the molecule is O=C(CCn1c(-c2cccs2)n[nH]c1=S)N1CCc2sccc2C1. The summed E-state index contributed by atoms with van der Waals surface area (Å²) in [7, 11) is 0. The molecule has 124 valence electrons. The normalized spacial score (nSPS) is 13.9. The molecule has 1 amide bonds. The lowest BCUT2D eigenvalue weighted by atomic mass is 10.1. The largest absolute Gasteiger partial charge is 0.338 e. The van der Waals surface area contributed by atoms with Gasteiger partial charge in [0, 0.05) is 30.9 Å². The number of hydrogen-bond donors (Lipinski definition) is 1. The molecular formula is C16H16N4OS3. The lowest BCUT2D eigenvalue weighted by Gasteiger charge is -2.27. The van der Waals surface area contributed by atoms with Crippen LogP contribution in [0, 0.1) is 4.77 Å². The maximum Gasteiger partial charge on any atom is 0.224 e. The Morgan fingerprint density at radius 1 is 1.33 bits per heavy atom. The molecule has 0 spiro atoms. The highest BCUT2D eigenvalue weighted by molar-refractivity contribution is 7.71. The maximum atomic E-state index is 12.6. The van der Waals surface area contributed by atoms with Crippen molar-refractivity contribution in [2.45, 2.75) is 25.9 Å². The van der Waals surface area contributed by atoms with Gasteiger partial charge in [-0.05, 0) is 47.1 Å². The number of carbonyl (C=O) groups is 1. The highest BCUT2D eigenvalue weighted by Gasteiger charge is 2.21. The Morgan fingerprint density at radius 3 is 3.08 bits per heavy atom. The number of aromatic amines is 1. The first-order valence-corrected chi connectivity index (χ1v) is 9.91. The van der Waals surface area contributed by atoms with Gasteiger partial charge in [0.25, 0.3) is 0 Å². The Hall–Kier alpha value is -1.77. The molecule has 3 aromatic heterocycles. The van der Waals surface area contributed by atoms with E-state index in [-0.39, 0.29) is 5.91 Å². The average molecular weight is 377 g/mol. The second-order valence-corrected chi connectivity index (χ2v) is 8.00. The molecule has 0 saturated heterocycles. The quantitative estimate of drug-likeness (QED) is 0.706. The Bertz CT molecular complexity index is 906. The van der Waals surface area contributed by atoms with Gasteiger partial charge in [-0.3, -0.25) is 14.5 Å². The molecule has 0 bridgehead atoms. The van der Waals surface area contributed by atoms with Crippen molar-refractivity contribution in [2.75, 3.05) is 6.54 Å². The Morgan fingerprint density at radius 2 is 2.25 bits per heavy atom. The molecule has 1 aliphatic heterocycles. The van der Waals surface area contributed by atoms with Gasteiger partial charge in [0.1, 0.15) is 0 Å². The van der Waals surface area contributed by atoms with E-state index in [1.807, 2.05) is 27.0 Å². The van der Waals surface area contributed by atoms with Crippen LogP contribution in [0.25, 0.3) is 10.7 Å². The summed E-state index contributed by atoms with van der Waals surface area (Å²) >= 11 is 8.72. The van der Waals surface area contributed by atoms with Gasteiger partial charge in [-0.25, -0.2) is 0 Å². The number of carbonyl (C=O) groups excluding carboxylic acids is 1. The fraction of sp³-hybridized carbons (Fsp3) is 0.312. The van der Waals surface area contributed by atoms with Crippen molar-refractivity contribution in [2.24, 2.45) is 0 Å². The van der Waals surface area contributed by atoms with Gasteiger partial charge in [0.2, 0.25) is 5.91 Å². The zero-order valence-corrected chi connectivity index (χ0v) is 15.3. The Kier molecular flexibility index (Phi) is 4.34. The van der Waals surface area contributed by atoms with Gasteiger partial charge in [0.15, 0.2) is 10.6 Å². The third-order valence-electron chi connectivity index (χ3n) is 4.21. The van der Waals surface area contributed by atoms with Crippen LogP contribution in [0.15, 0.2) is 29.0 Å². The molecule has 5 nitrogen and oxygen atoms in total. The third-order valence-corrected chi connectivity index (χ3v) is 6.41. The second-order valence-electron chi connectivity index (χ2n) is 5.67. The summed E-state index contributed by atoms with van der Waals surface area (Å²) in [5.41, 5.74) is 1.29. The number of hydrogen-bond acceptors (Lipinski definition) is 5. The molecule has 3 aromatic rings. The standard InChI is InChI=1S/C16H16N4OS3/c21-14(19-6-3-12-11(10-19)5-9-24-12)4-7-20-15(17-18-16(20)22)13-2-1-8-23-13/h1-2,5,8-9H,3-4,6-7,10H2,(H,18,22). The summed E-state index contributed by atoms with van der Waals surface area (Å²) in [6, 6.07) is 6.12. The van der Waals surface area contributed by atoms with E-state index in [0.717, 1.165) is 30.2 Å². The van der Waals surface area contributed by atoms with Crippen LogP contribution in [0.3, 0.4) is 0 Å². The zero-order valence-electron chi connectivity index (χ0n) is 12.9. The molecule has 0 radical (unpaired) electrons. The van der Waals surface area contributed by atoms with Crippen molar-refractivity contribution in [1.82, 2.24) is 19.7 Å². The van der Waals surface area contributed by atoms with Crippen LogP contribution < -0.4 is 0 Å². The molecule has 0 fully saturated rings. The molecule has 0 saturated carbocycles. The fourth-order valence-corrected chi connectivity index (χ4v) is 4.78. The van der Waals surface area contributed by atoms with Crippen molar-refractivity contribution in [3.8, 4) is 10.7 Å². The maximum absolute atomic E-state index is 12.6. The van der Waals surface area contributed by atoms with Crippen LogP contribution in [0.2, 0.25) is 0 Å². The first-order chi connectivity index (χ1) is 11.7. The van der Waals surface area contributed by atoms with Crippen molar-refractivity contribution < 1.29 is 4.79 Å². The number of nitrogens with zero attached hydrogens (tertiary/aromatic N) is 3. The van der Waals surface area contributed by atoms with Gasteiger partial charge in [-0.15, -0.1) is 22.7 Å². The van der Waals surface area contributed by atoms with Crippen LogP contribution in [0.1, 0.15) is 16.9 Å². The lowest BCUT2D eigenvalue weighted by molar-refractivity contribution is -0.132. The van der Waals surface area contributed by atoms with E-state index in [2.05, 4.69) is 21.6 Å². The number of H-pyrrole nitrogens is 1. The lowest BCUT2D eigenvalue weighted by Crippen LogP contribution is -2.35. The van der Waals surface area contributed by atoms with E-state index >= 15 is 0 Å². The first-order valence-electron chi connectivity index (χ1n) is 7.74. The number of thiophene rings is 2. The number of aromatic nitrogens is 3. The minimum absolute atomic E-state index is 0.173. The summed E-state index contributed by atoms with van der Waals surface area (Å²) < 4.78 is 2.48. The van der Waals surface area contributed by atoms with Crippen molar-refractivity contribution >= 4 is 40.8 Å². The molecule has 4 heterocycles. The monoisotopic (exact) mass is 376 g/mol. The molecule has 1 N–H and O–H groups in total. The number of rotatable bonds is 4. The van der Waals surface area contributed by atoms with Crippen LogP contribution >= 0.6 is 34.9 Å². The van der Waals surface area contributed by atoms with Gasteiger partial charge >= 0.3 is 0 Å². The minimum Gasteiger partial charge on any atom is -0.338 e. The molecular weight excluding hydrogens is 360 g/mol. The van der Waals surface area contributed by atoms with Crippen LogP contribution in [0.5, 0.6) is 0 Å². The molecule has 8 heteroatoms. The highest BCUT2D eigenvalue weighted by atomic mass is 32.1. The van der Waals surface area contributed by atoms with Gasteiger partial charge in [-0.2, -0.15) is 5.10 Å². The predicted molar refractivity (Wildman–Crippen MR) is 98.8 cm³/mol. The highest BCUT2D eigenvalue weighted by Crippen LogP contribution is 2.25. The van der Waals surface area contributed by atoms with Crippen LogP contribution in [0.4, 0.5) is 0 Å². The number of fused-ring (bicyclic) bond motifs is 1. The summed E-state index contributed by atoms with van der Waals surface area (Å²) in [4.78, 5) is 17.0. The molecule has 1 aliphatic rings. The molecule has 4 rings (SSSR count). The molecule has 0 unspecified atom stereocenters. The van der Waals surface area contributed by atoms with E-state index in [9.17, 15) is 4.79 Å². The zero-order chi connectivity index (χ0) is 16.5. The van der Waals surface area contributed by atoms with E-state index in [0.29, 0.717) is 17.7 Å². The topological polar surface area (TPSA) is 53.9 Å². The van der Waals surface area contributed by atoms with E-state index in [1.165, 1.54) is 10.4 Å². The Labute approximate surface area is 152 Å². The number of amides is 1. The first kappa shape index (κ1) is 15.7. The van der Waals surface area contributed by atoms with E-state index in [4.69, 9.17) is 12.2 Å². The molecule has 0 atom stereocenters. The van der Waals surface area contributed by atoms with Crippen molar-refractivity contribution in [1.29, 1.82) is 0 Å². The van der Waals surface area contributed by atoms with Crippen molar-refractivity contribution in [3.05, 3.63) is 44.2 Å². The molecule has 0 aromatic carbocycles. The average Bonchev–Trinajstić information content (AvgIpc) is 3.32.